The highest BCUT2D eigenvalue weighted by Crippen LogP contribution is 2.37. The second-order valence-electron chi connectivity index (χ2n) is 7.56. The molecular weight excluding hydrogens is 270 g/mol. The van der Waals surface area contributed by atoms with Crippen LogP contribution in [0.5, 0.6) is 0 Å². The molecular formula is C19H33N3. The molecule has 0 saturated carbocycles. The fourth-order valence-electron chi connectivity index (χ4n) is 3.84. The molecule has 0 amide bonds. The van der Waals surface area contributed by atoms with Gasteiger partial charge < -0.3 is 4.90 Å². The largest absolute Gasteiger partial charge is 0.351 e. The molecule has 0 aromatic carbocycles. The van der Waals surface area contributed by atoms with Crippen molar-refractivity contribution in [2.75, 3.05) is 18.0 Å². The van der Waals surface area contributed by atoms with Gasteiger partial charge in [0, 0.05) is 36.4 Å². The summed E-state index contributed by atoms with van der Waals surface area (Å²) in [5.74, 6) is 1.90. The van der Waals surface area contributed by atoms with Crippen molar-refractivity contribution in [2.24, 2.45) is 5.92 Å². The maximum absolute atomic E-state index is 4.78. The Hall–Kier alpha value is -1.09. The van der Waals surface area contributed by atoms with Crippen LogP contribution in [-0.4, -0.2) is 35.1 Å². The predicted molar refractivity (Wildman–Crippen MR) is 95.4 cm³/mol. The molecule has 124 valence electrons. The number of nitrogens with zero attached hydrogens (tertiary/aromatic N) is 3. The van der Waals surface area contributed by atoms with Crippen LogP contribution in [0.1, 0.15) is 66.0 Å². The Bertz CT molecular complexity index is 460. The van der Waals surface area contributed by atoms with Crippen LogP contribution in [0.4, 0.5) is 5.82 Å². The van der Waals surface area contributed by atoms with E-state index in [0.29, 0.717) is 24.0 Å². The van der Waals surface area contributed by atoms with Gasteiger partial charge in [-0.3, -0.25) is 4.90 Å². The summed E-state index contributed by atoms with van der Waals surface area (Å²) in [5, 5.41) is 0. The minimum absolute atomic E-state index is 0.466. The zero-order valence-electron chi connectivity index (χ0n) is 15.2. The average Bonchev–Trinajstić information content (AvgIpc) is 2.85. The Morgan fingerprint density at radius 2 is 1.86 bits per heavy atom. The van der Waals surface area contributed by atoms with Crippen LogP contribution < -0.4 is 4.90 Å². The maximum Gasteiger partial charge on any atom is 0.133 e. The summed E-state index contributed by atoms with van der Waals surface area (Å²) in [6, 6.07) is 5.86. The van der Waals surface area contributed by atoms with Crippen molar-refractivity contribution in [3.63, 3.8) is 0 Å². The minimum atomic E-state index is 0.466. The summed E-state index contributed by atoms with van der Waals surface area (Å²) in [6.45, 7) is 16.1. The highest BCUT2D eigenvalue weighted by molar-refractivity contribution is 5.50. The van der Waals surface area contributed by atoms with Crippen LogP contribution in [0, 0.1) is 5.92 Å². The van der Waals surface area contributed by atoms with E-state index in [1.165, 1.54) is 37.3 Å². The van der Waals surface area contributed by atoms with Crippen LogP contribution in [0.15, 0.2) is 18.3 Å². The number of hydrogen-bond donors (Lipinski definition) is 0. The predicted octanol–water partition coefficient (Wildman–Crippen LogP) is 4.50. The number of hydrogen-bond acceptors (Lipinski definition) is 3. The summed E-state index contributed by atoms with van der Waals surface area (Å²) in [4.78, 5) is 9.90. The molecule has 1 aliphatic rings. The standard InChI is InChI=1S/C19H33N3/c1-14(2)13-21-12-8-10-18(21)17-9-7-11-20-19(17)22(15(3)4)16(5)6/h7,9,11,14-16,18H,8,10,12-13H2,1-6H3. The van der Waals surface area contributed by atoms with Crippen LogP contribution in [0.3, 0.4) is 0 Å². The molecule has 22 heavy (non-hydrogen) atoms. The summed E-state index contributed by atoms with van der Waals surface area (Å²) >= 11 is 0. The van der Waals surface area contributed by atoms with Crippen molar-refractivity contribution in [3.8, 4) is 0 Å². The van der Waals surface area contributed by atoms with Crippen molar-refractivity contribution in [1.82, 2.24) is 9.88 Å². The molecule has 1 aliphatic heterocycles. The molecule has 1 unspecified atom stereocenters. The van der Waals surface area contributed by atoms with Gasteiger partial charge in [-0.15, -0.1) is 0 Å². The second kappa shape index (κ2) is 7.45. The first-order valence-corrected chi connectivity index (χ1v) is 8.89. The third-order valence-corrected chi connectivity index (χ3v) is 4.50. The summed E-state index contributed by atoms with van der Waals surface area (Å²) < 4.78 is 0. The Labute approximate surface area is 136 Å². The van der Waals surface area contributed by atoms with Crippen LogP contribution in [0.25, 0.3) is 0 Å². The van der Waals surface area contributed by atoms with E-state index < -0.39 is 0 Å². The van der Waals surface area contributed by atoms with Crippen molar-refractivity contribution in [1.29, 1.82) is 0 Å². The van der Waals surface area contributed by atoms with E-state index in [4.69, 9.17) is 4.98 Å². The molecule has 0 radical (unpaired) electrons. The summed E-state index contributed by atoms with van der Waals surface area (Å²) in [5.41, 5.74) is 1.42. The van der Waals surface area contributed by atoms with Gasteiger partial charge in [-0.05, 0) is 59.1 Å². The molecule has 1 atom stereocenters. The van der Waals surface area contributed by atoms with Gasteiger partial charge in [-0.2, -0.15) is 0 Å². The fourth-order valence-corrected chi connectivity index (χ4v) is 3.84. The highest BCUT2D eigenvalue weighted by Gasteiger charge is 2.30. The zero-order chi connectivity index (χ0) is 16.3. The van der Waals surface area contributed by atoms with Gasteiger partial charge in [0.05, 0.1) is 0 Å². The van der Waals surface area contributed by atoms with Gasteiger partial charge in [0.25, 0.3) is 0 Å². The van der Waals surface area contributed by atoms with Crippen molar-refractivity contribution >= 4 is 5.82 Å². The second-order valence-corrected chi connectivity index (χ2v) is 7.56. The number of pyridine rings is 1. The van der Waals surface area contributed by atoms with E-state index in [0.717, 1.165) is 0 Å². The van der Waals surface area contributed by atoms with E-state index in [1.54, 1.807) is 0 Å². The topological polar surface area (TPSA) is 19.4 Å². The molecule has 1 aromatic rings. The lowest BCUT2D eigenvalue weighted by Crippen LogP contribution is -2.39. The molecule has 1 aromatic heterocycles. The lowest BCUT2D eigenvalue weighted by atomic mass is 10.0. The van der Waals surface area contributed by atoms with Crippen molar-refractivity contribution < 1.29 is 0 Å². The van der Waals surface area contributed by atoms with Gasteiger partial charge in [-0.1, -0.05) is 19.9 Å². The third kappa shape index (κ3) is 3.81. The summed E-state index contributed by atoms with van der Waals surface area (Å²) in [7, 11) is 0. The molecule has 2 rings (SSSR count). The Morgan fingerprint density at radius 1 is 1.18 bits per heavy atom. The first-order valence-electron chi connectivity index (χ1n) is 8.89. The molecule has 0 aliphatic carbocycles. The molecule has 1 saturated heterocycles. The van der Waals surface area contributed by atoms with Gasteiger partial charge in [0.2, 0.25) is 0 Å². The Balaban J connectivity index is 2.35. The quantitative estimate of drug-likeness (QED) is 0.771. The number of likely N-dealkylation sites (tertiary alicyclic amines) is 1. The SMILES string of the molecule is CC(C)CN1CCCC1c1cccnc1N(C(C)C)C(C)C. The van der Waals surface area contributed by atoms with E-state index in [1.807, 2.05) is 6.20 Å². The highest BCUT2D eigenvalue weighted by atomic mass is 15.2. The molecule has 1 fully saturated rings. The molecule has 0 spiro atoms. The van der Waals surface area contributed by atoms with Crippen LogP contribution >= 0.6 is 0 Å². The van der Waals surface area contributed by atoms with E-state index in [9.17, 15) is 0 Å². The third-order valence-electron chi connectivity index (χ3n) is 4.50. The number of rotatable bonds is 6. The lowest BCUT2D eigenvalue weighted by Gasteiger charge is -2.36. The summed E-state index contributed by atoms with van der Waals surface area (Å²) in [6.07, 6.45) is 4.50. The molecule has 2 heterocycles. The van der Waals surface area contributed by atoms with Gasteiger partial charge >= 0.3 is 0 Å². The van der Waals surface area contributed by atoms with Crippen LogP contribution in [-0.2, 0) is 0 Å². The van der Waals surface area contributed by atoms with Gasteiger partial charge in [0.1, 0.15) is 5.82 Å². The number of aromatic nitrogens is 1. The molecule has 0 N–H and O–H groups in total. The van der Waals surface area contributed by atoms with E-state index in [2.05, 4.69) is 63.5 Å². The smallest absolute Gasteiger partial charge is 0.133 e. The van der Waals surface area contributed by atoms with E-state index >= 15 is 0 Å². The van der Waals surface area contributed by atoms with Crippen molar-refractivity contribution in [3.05, 3.63) is 23.9 Å². The first-order chi connectivity index (χ1) is 10.4. The van der Waals surface area contributed by atoms with Crippen LogP contribution in [0.2, 0.25) is 0 Å². The van der Waals surface area contributed by atoms with Crippen molar-refractivity contribution in [2.45, 2.75) is 72.5 Å². The lowest BCUT2D eigenvalue weighted by molar-refractivity contribution is 0.228. The molecule has 3 nitrogen and oxygen atoms in total. The Morgan fingerprint density at radius 3 is 2.45 bits per heavy atom. The first kappa shape index (κ1) is 17.3. The number of anilines is 1. The van der Waals surface area contributed by atoms with Gasteiger partial charge in [-0.25, -0.2) is 4.98 Å². The average molecular weight is 303 g/mol. The molecule has 3 heteroatoms. The monoisotopic (exact) mass is 303 g/mol. The minimum Gasteiger partial charge on any atom is -0.351 e. The Kier molecular flexibility index (Phi) is 5.85. The maximum atomic E-state index is 4.78. The zero-order valence-corrected chi connectivity index (χ0v) is 15.2. The van der Waals surface area contributed by atoms with E-state index in [-0.39, 0.29) is 0 Å². The molecule has 0 bridgehead atoms. The fraction of sp³-hybridized carbons (Fsp3) is 0.737. The van der Waals surface area contributed by atoms with Gasteiger partial charge in [0.15, 0.2) is 0 Å². The normalized spacial score (nSPS) is 19.6.